The number of carbonyl (C=O) groups excluding carboxylic acids is 1. The summed E-state index contributed by atoms with van der Waals surface area (Å²) in [6.07, 6.45) is 0.754. The molecule has 8 heteroatoms. The van der Waals surface area contributed by atoms with E-state index in [0.717, 1.165) is 18.6 Å². The molecule has 0 atom stereocenters. The summed E-state index contributed by atoms with van der Waals surface area (Å²) >= 11 is 6.18. The monoisotopic (exact) mass is 368 g/mol. The van der Waals surface area contributed by atoms with E-state index in [1.54, 1.807) is 12.1 Å². The van der Waals surface area contributed by atoms with E-state index in [9.17, 15) is 13.6 Å². The van der Waals surface area contributed by atoms with Gasteiger partial charge in [-0.25, -0.2) is 13.6 Å². The number of amides is 2. The summed E-state index contributed by atoms with van der Waals surface area (Å²) in [6, 6.07) is 5.66. The van der Waals surface area contributed by atoms with Crippen LogP contribution in [-0.4, -0.2) is 19.2 Å². The van der Waals surface area contributed by atoms with Crippen molar-refractivity contribution in [1.29, 1.82) is 0 Å². The summed E-state index contributed by atoms with van der Waals surface area (Å²) in [5, 5.41) is 5.28. The highest BCUT2D eigenvalue weighted by molar-refractivity contribution is 6.32. The molecular weight excluding hydrogens is 354 g/mol. The second kappa shape index (κ2) is 7.57. The molecule has 0 aromatic heterocycles. The zero-order valence-electron chi connectivity index (χ0n) is 13.1. The van der Waals surface area contributed by atoms with Crippen LogP contribution in [0.15, 0.2) is 30.3 Å². The maximum Gasteiger partial charge on any atom is 0.319 e. The van der Waals surface area contributed by atoms with Crippen LogP contribution in [0, 0.1) is 11.6 Å². The molecule has 3 rings (SSSR count). The molecule has 5 nitrogen and oxygen atoms in total. The summed E-state index contributed by atoms with van der Waals surface area (Å²) in [5.74, 6) is -0.563. The molecule has 2 N–H and O–H groups in total. The number of hydrogen-bond donors (Lipinski definition) is 2. The number of carbonyl (C=O) groups is 1. The van der Waals surface area contributed by atoms with Gasteiger partial charge in [0, 0.05) is 19.0 Å². The molecule has 0 bridgehead atoms. The number of rotatable bonds is 3. The van der Waals surface area contributed by atoms with E-state index < -0.39 is 17.7 Å². The van der Waals surface area contributed by atoms with Crippen LogP contribution in [-0.2, 0) is 6.54 Å². The molecule has 0 spiro atoms. The van der Waals surface area contributed by atoms with Gasteiger partial charge in [-0.05, 0) is 29.8 Å². The molecule has 1 aliphatic rings. The molecule has 0 aliphatic carbocycles. The first-order chi connectivity index (χ1) is 12.0. The van der Waals surface area contributed by atoms with Gasteiger partial charge in [-0.3, -0.25) is 0 Å². The Balaban J connectivity index is 1.64. The topological polar surface area (TPSA) is 59.6 Å². The Labute approximate surface area is 147 Å². The molecule has 132 valence electrons. The van der Waals surface area contributed by atoms with Crippen LogP contribution in [0.3, 0.4) is 0 Å². The molecule has 0 fully saturated rings. The predicted octanol–water partition coefficient (Wildman–Crippen LogP) is 4.10. The lowest BCUT2D eigenvalue weighted by Gasteiger charge is -2.12. The van der Waals surface area contributed by atoms with Gasteiger partial charge in [-0.1, -0.05) is 11.6 Å². The molecular formula is C17H15ClF2N2O3. The van der Waals surface area contributed by atoms with Crippen molar-refractivity contribution >= 4 is 23.3 Å². The molecule has 0 radical (unpaired) electrons. The van der Waals surface area contributed by atoms with Crippen LogP contribution in [0.25, 0.3) is 0 Å². The largest absolute Gasteiger partial charge is 0.489 e. The van der Waals surface area contributed by atoms with E-state index in [1.165, 1.54) is 0 Å². The van der Waals surface area contributed by atoms with Crippen LogP contribution in [0.4, 0.5) is 19.3 Å². The zero-order valence-corrected chi connectivity index (χ0v) is 13.8. The van der Waals surface area contributed by atoms with Gasteiger partial charge < -0.3 is 20.1 Å². The average molecular weight is 369 g/mol. The van der Waals surface area contributed by atoms with Gasteiger partial charge in [0.25, 0.3) is 0 Å². The number of nitrogens with one attached hydrogen (secondary N) is 2. The first-order valence-electron chi connectivity index (χ1n) is 7.61. The lowest BCUT2D eigenvalue weighted by molar-refractivity contribution is 0.251. The summed E-state index contributed by atoms with van der Waals surface area (Å²) in [5.41, 5.74) is 0.583. The van der Waals surface area contributed by atoms with E-state index in [0.29, 0.717) is 41.4 Å². The molecule has 1 heterocycles. The number of halogens is 3. The summed E-state index contributed by atoms with van der Waals surface area (Å²) in [4.78, 5) is 11.9. The van der Waals surface area contributed by atoms with E-state index in [1.807, 2.05) is 0 Å². The standard InChI is InChI=1S/C17H15ClF2N2O3/c18-12-6-10(7-15-16(12)25-5-1-4-24-15)9-21-17(23)22-14-3-2-11(19)8-13(14)20/h2-3,6-8H,1,4-5,9H2,(H2,21,22,23). The second-order valence-electron chi connectivity index (χ2n) is 5.39. The van der Waals surface area contributed by atoms with Gasteiger partial charge in [0.1, 0.15) is 11.6 Å². The summed E-state index contributed by atoms with van der Waals surface area (Å²) in [7, 11) is 0. The van der Waals surface area contributed by atoms with E-state index >= 15 is 0 Å². The number of hydrogen-bond acceptors (Lipinski definition) is 3. The van der Waals surface area contributed by atoms with Crippen LogP contribution in [0.2, 0.25) is 5.02 Å². The number of ether oxygens (including phenoxy) is 2. The lowest BCUT2D eigenvalue weighted by atomic mass is 10.2. The summed E-state index contributed by atoms with van der Waals surface area (Å²) in [6.45, 7) is 1.19. The van der Waals surface area contributed by atoms with Crippen molar-refractivity contribution in [1.82, 2.24) is 5.32 Å². The maximum atomic E-state index is 13.5. The number of urea groups is 1. The van der Waals surface area contributed by atoms with Gasteiger partial charge in [-0.2, -0.15) is 0 Å². The third-order valence-electron chi connectivity index (χ3n) is 3.49. The maximum absolute atomic E-state index is 13.5. The minimum atomic E-state index is -0.853. The van der Waals surface area contributed by atoms with Crippen molar-refractivity contribution in [2.45, 2.75) is 13.0 Å². The molecule has 1 aliphatic heterocycles. The van der Waals surface area contributed by atoms with Crippen molar-refractivity contribution in [2.24, 2.45) is 0 Å². The van der Waals surface area contributed by atoms with Crippen molar-refractivity contribution < 1.29 is 23.0 Å². The van der Waals surface area contributed by atoms with Crippen molar-refractivity contribution in [3.8, 4) is 11.5 Å². The van der Waals surface area contributed by atoms with Crippen LogP contribution >= 0.6 is 11.6 Å². The quantitative estimate of drug-likeness (QED) is 0.857. The second-order valence-corrected chi connectivity index (χ2v) is 5.79. The van der Waals surface area contributed by atoms with Gasteiger partial charge >= 0.3 is 6.03 Å². The Kier molecular flexibility index (Phi) is 5.23. The van der Waals surface area contributed by atoms with Gasteiger partial charge in [0.15, 0.2) is 11.5 Å². The van der Waals surface area contributed by atoms with E-state index in [4.69, 9.17) is 21.1 Å². The van der Waals surface area contributed by atoms with Crippen LogP contribution < -0.4 is 20.1 Å². The SMILES string of the molecule is O=C(NCc1cc(Cl)c2c(c1)OCCCO2)Nc1ccc(F)cc1F. The highest BCUT2D eigenvalue weighted by Gasteiger charge is 2.16. The minimum absolute atomic E-state index is 0.115. The Morgan fingerprint density at radius 1 is 1.16 bits per heavy atom. The Morgan fingerprint density at radius 2 is 1.96 bits per heavy atom. The van der Waals surface area contributed by atoms with Gasteiger partial charge in [-0.15, -0.1) is 0 Å². The third-order valence-corrected chi connectivity index (χ3v) is 3.78. The van der Waals surface area contributed by atoms with Crippen LogP contribution in [0.5, 0.6) is 11.5 Å². The molecule has 2 amide bonds. The normalized spacial score (nSPS) is 13.1. The smallest absolute Gasteiger partial charge is 0.319 e. The van der Waals surface area contributed by atoms with E-state index in [2.05, 4.69) is 10.6 Å². The number of benzene rings is 2. The zero-order chi connectivity index (χ0) is 17.8. The number of fused-ring (bicyclic) bond motifs is 1. The first-order valence-corrected chi connectivity index (χ1v) is 7.98. The van der Waals surface area contributed by atoms with Crippen molar-refractivity contribution in [3.63, 3.8) is 0 Å². The molecule has 25 heavy (non-hydrogen) atoms. The molecule has 0 saturated carbocycles. The molecule has 2 aromatic carbocycles. The van der Waals surface area contributed by atoms with E-state index in [-0.39, 0.29) is 12.2 Å². The number of anilines is 1. The predicted molar refractivity (Wildman–Crippen MR) is 89.3 cm³/mol. The highest BCUT2D eigenvalue weighted by atomic mass is 35.5. The molecule has 2 aromatic rings. The lowest BCUT2D eigenvalue weighted by Crippen LogP contribution is -2.28. The third kappa shape index (κ3) is 4.30. The Hall–Kier alpha value is -2.54. The van der Waals surface area contributed by atoms with Crippen molar-refractivity contribution in [2.75, 3.05) is 18.5 Å². The highest BCUT2D eigenvalue weighted by Crippen LogP contribution is 2.37. The fraction of sp³-hybridized carbons (Fsp3) is 0.235. The van der Waals surface area contributed by atoms with Gasteiger partial charge in [0.05, 0.1) is 23.9 Å². The average Bonchev–Trinajstić information content (AvgIpc) is 2.81. The van der Waals surface area contributed by atoms with Crippen molar-refractivity contribution in [3.05, 3.63) is 52.6 Å². The summed E-state index contributed by atoms with van der Waals surface area (Å²) < 4.78 is 37.5. The fourth-order valence-corrected chi connectivity index (χ4v) is 2.61. The minimum Gasteiger partial charge on any atom is -0.489 e. The Morgan fingerprint density at radius 3 is 2.76 bits per heavy atom. The van der Waals surface area contributed by atoms with Crippen LogP contribution in [0.1, 0.15) is 12.0 Å². The molecule has 0 unspecified atom stereocenters. The Bertz CT molecular complexity index is 802. The molecule has 0 saturated heterocycles. The first kappa shape index (κ1) is 17.3. The fourth-order valence-electron chi connectivity index (χ4n) is 2.33. The van der Waals surface area contributed by atoms with Gasteiger partial charge in [0.2, 0.25) is 0 Å².